The van der Waals surface area contributed by atoms with Gasteiger partial charge in [0.1, 0.15) is 6.42 Å². The summed E-state index contributed by atoms with van der Waals surface area (Å²) in [7, 11) is 0. The molecule has 1 unspecified atom stereocenters. The van der Waals surface area contributed by atoms with E-state index >= 15 is 0 Å². The van der Waals surface area contributed by atoms with Gasteiger partial charge in [-0.05, 0) is 6.42 Å². The summed E-state index contributed by atoms with van der Waals surface area (Å²) in [4.78, 5) is 22.8. The number of primary amides is 1. The Bertz CT molecular complexity index is 281. The van der Waals surface area contributed by atoms with E-state index in [4.69, 9.17) is 5.73 Å². The topological polar surface area (TPSA) is 63.4 Å². The molecule has 0 aromatic carbocycles. The lowest BCUT2D eigenvalue weighted by molar-refractivity contribution is -0.150. The number of amides is 2. The average molecular weight is 220 g/mol. The second-order valence-corrected chi connectivity index (χ2v) is 3.91. The maximum atomic E-state index is 13.2. The minimum atomic E-state index is -2.87. The lowest BCUT2D eigenvalue weighted by Crippen LogP contribution is -2.50. The fraction of sp³-hybridized carbons (Fsp3) is 0.778. The molecule has 1 atom stereocenters. The first-order chi connectivity index (χ1) is 6.83. The quantitative estimate of drug-likeness (QED) is 0.683. The van der Waals surface area contributed by atoms with E-state index < -0.39 is 36.6 Å². The number of carbonyl (C=O) groups excluding carboxylic acids is 2. The molecule has 0 spiro atoms. The summed E-state index contributed by atoms with van der Waals surface area (Å²) in [5.74, 6) is -5.00. The Kier molecular flexibility index (Phi) is 3.26. The van der Waals surface area contributed by atoms with E-state index in [-0.39, 0.29) is 13.0 Å². The van der Waals surface area contributed by atoms with Crippen molar-refractivity contribution in [2.75, 3.05) is 13.1 Å². The highest BCUT2D eigenvalue weighted by atomic mass is 19.3. The number of hydrogen-bond donors (Lipinski definition) is 1. The first-order valence-corrected chi connectivity index (χ1v) is 4.77. The molecule has 1 heterocycles. The number of likely N-dealkylation sites (tertiary alicyclic amines) is 1. The first-order valence-electron chi connectivity index (χ1n) is 4.77. The fourth-order valence-corrected chi connectivity index (χ4v) is 1.52. The Hall–Kier alpha value is -1.20. The zero-order valence-corrected chi connectivity index (χ0v) is 8.50. The van der Waals surface area contributed by atoms with E-state index in [1.54, 1.807) is 0 Å². The normalized spacial score (nSPS) is 25.0. The third-order valence-electron chi connectivity index (χ3n) is 2.63. The molecule has 1 aliphatic rings. The lowest BCUT2D eigenvalue weighted by atomic mass is 9.95. The van der Waals surface area contributed by atoms with Crippen LogP contribution in [0.5, 0.6) is 0 Å². The minimum Gasteiger partial charge on any atom is -0.369 e. The highest BCUT2D eigenvalue weighted by Gasteiger charge is 2.43. The Morgan fingerprint density at radius 1 is 1.53 bits per heavy atom. The van der Waals surface area contributed by atoms with Crippen molar-refractivity contribution in [3.05, 3.63) is 0 Å². The van der Waals surface area contributed by atoms with Gasteiger partial charge in [-0.25, -0.2) is 8.78 Å². The first kappa shape index (κ1) is 11.9. The number of halogens is 2. The number of hydrogen-bond acceptors (Lipinski definition) is 2. The standard InChI is InChI=1S/C9H14F2N2O2/c1-6-2-3-13(5-9(6,10)11)8(15)4-7(12)14/h6H,2-5H2,1H3,(H2,12,14). The van der Waals surface area contributed by atoms with Crippen LogP contribution in [0.1, 0.15) is 19.8 Å². The molecule has 0 aliphatic carbocycles. The van der Waals surface area contributed by atoms with Gasteiger partial charge in [0.15, 0.2) is 0 Å². The Balaban J connectivity index is 2.59. The lowest BCUT2D eigenvalue weighted by Gasteiger charge is -2.36. The van der Waals surface area contributed by atoms with Crippen molar-refractivity contribution >= 4 is 11.8 Å². The molecule has 0 aromatic rings. The van der Waals surface area contributed by atoms with Gasteiger partial charge >= 0.3 is 0 Å². The van der Waals surface area contributed by atoms with Crippen molar-refractivity contribution in [3.8, 4) is 0 Å². The van der Waals surface area contributed by atoms with Crippen molar-refractivity contribution in [1.82, 2.24) is 4.90 Å². The zero-order valence-electron chi connectivity index (χ0n) is 8.50. The molecule has 2 amide bonds. The predicted octanol–water partition coefficient (Wildman–Crippen LogP) is 0.366. The van der Waals surface area contributed by atoms with E-state index in [2.05, 4.69) is 0 Å². The van der Waals surface area contributed by atoms with E-state index in [0.717, 1.165) is 4.90 Å². The average Bonchev–Trinajstić information content (AvgIpc) is 2.08. The van der Waals surface area contributed by atoms with Gasteiger partial charge < -0.3 is 10.6 Å². The van der Waals surface area contributed by atoms with E-state index in [9.17, 15) is 18.4 Å². The van der Waals surface area contributed by atoms with Gasteiger partial charge in [-0.15, -0.1) is 0 Å². The van der Waals surface area contributed by atoms with Crippen molar-refractivity contribution in [1.29, 1.82) is 0 Å². The van der Waals surface area contributed by atoms with Crippen molar-refractivity contribution in [2.45, 2.75) is 25.7 Å². The summed E-state index contributed by atoms with van der Waals surface area (Å²) >= 11 is 0. The molecule has 1 fully saturated rings. The summed E-state index contributed by atoms with van der Waals surface area (Å²) < 4.78 is 26.5. The number of carbonyl (C=O) groups is 2. The van der Waals surface area contributed by atoms with Crippen LogP contribution in [-0.4, -0.2) is 35.7 Å². The molecule has 0 saturated carbocycles. The van der Waals surface area contributed by atoms with Crippen LogP contribution in [0, 0.1) is 5.92 Å². The Morgan fingerprint density at radius 3 is 2.60 bits per heavy atom. The second-order valence-electron chi connectivity index (χ2n) is 3.91. The van der Waals surface area contributed by atoms with Gasteiger partial charge in [-0.3, -0.25) is 9.59 Å². The van der Waals surface area contributed by atoms with E-state index in [0.29, 0.717) is 0 Å². The van der Waals surface area contributed by atoms with Crippen LogP contribution in [0.4, 0.5) is 8.78 Å². The molecule has 4 nitrogen and oxygen atoms in total. The SMILES string of the molecule is CC1CCN(C(=O)CC(N)=O)CC1(F)F. The third kappa shape index (κ3) is 2.87. The molecule has 0 bridgehead atoms. The summed E-state index contributed by atoms with van der Waals surface area (Å²) in [6, 6.07) is 0. The zero-order chi connectivity index (χ0) is 11.6. The third-order valence-corrected chi connectivity index (χ3v) is 2.63. The number of piperidine rings is 1. The van der Waals surface area contributed by atoms with Crippen LogP contribution >= 0.6 is 0 Å². The van der Waals surface area contributed by atoms with Gasteiger partial charge in [-0.2, -0.15) is 0 Å². The monoisotopic (exact) mass is 220 g/mol. The summed E-state index contributed by atoms with van der Waals surface area (Å²) in [5, 5.41) is 0. The van der Waals surface area contributed by atoms with Crippen molar-refractivity contribution in [2.24, 2.45) is 11.7 Å². The molecular formula is C9H14F2N2O2. The van der Waals surface area contributed by atoms with Crippen molar-refractivity contribution < 1.29 is 18.4 Å². The van der Waals surface area contributed by atoms with Gasteiger partial charge in [0.2, 0.25) is 11.8 Å². The van der Waals surface area contributed by atoms with Gasteiger partial charge in [0, 0.05) is 12.5 Å². The highest BCUT2D eigenvalue weighted by molar-refractivity contribution is 5.96. The largest absolute Gasteiger partial charge is 0.369 e. The molecule has 0 aromatic heterocycles. The summed E-state index contributed by atoms with van der Waals surface area (Å²) in [6.07, 6.45) is -0.248. The van der Waals surface area contributed by atoms with Gasteiger partial charge in [0.25, 0.3) is 5.92 Å². The number of nitrogens with two attached hydrogens (primary N) is 1. The molecule has 1 rings (SSSR count). The molecule has 86 valence electrons. The van der Waals surface area contributed by atoms with E-state index in [1.807, 2.05) is 0 Å². The number of nitrogens with zero attached hydrogens (tertiary/aromatic N) is 1. The van der Waals surface area contributed by atoms with Crippen LogP contribution < -0.4 is 5.73 Å². The van der Waals surface area contributed by atoms with E-state index in [1.165, 1.54) is 6.92 Å². The molecule has 2 N–H and O–H groups in total. The molecule has 0 radical (unpaired) electrons. The Labute approximate surface area is 86.4 Å². The maximum Gasteiger partial charge on any atom is 0.267 e. The van der Waals surface area contributed by atoms with Crippen molar-refractivity contribution in [3.63, 3.8) is 0 Å². The van der Waals surface area contributed by atoms with Crippen LogP contribution in [0.15, 0.2) is 0 Å². The van der Waals surface area contributed by atoms with Crippen LogP contribution in [0.2, 0.25) is 0 Å². The minimum absolute atomic E-state index is 0.248. The van der Waals surface area contributed by atoms with Gasteiger partial charge in [-0.1, -0.05) is 6.92 Å². The van der Waals surface area contributed by atoms with Crippen LogP contribution in [0.3, 0.4) is 0 Å². The van der Waals surface area contributed by atoms with Crippen LogP contribution in [0.25, 0.3) is 0 Å². The molecule has 15 heavy (non-hydrogen) atoms. The maximum absolute atomic E-state index is 13.2. The summed E-state index contributed by atoms with van der Waals surface area (Å²) in [5.41, 5.74) is 4.82. The summed E-state index contributed by atoms with van der Waals surface area (Å²) in [6.45, 7) is 1.11. The molecule has 6 heteroatoms. The molecule has 1 aliphatic heterocycles. The highest BCUT2D eigenvalue weighted by Crippen LogP contribution is 2.32. The second kappa shape index (κ2) is 4.12. The fourth-order valence-electron chi connectivity index (χ4n) is 1.52. The smallest absolute Gasteiger partial charge is 0.267 e. The number of alkyl halides is 2. The van der Waals surface area contributed by atoms with Gasteiger partial charge in [0.05, 0.1) is 6.54 Å². The number of rotatable bonds is 2. The molecular weight excluding hydrogens is 206 g/mol. The Morgan fingerprint density at radius 2 is 2.13 bits per heavy atom. The predicted molar refractivity (Wildman–Crippen MR) is 49.1 cm³/mol. The molecule has 1 saturated heterocycles. The van der Waals surface area contributed by atoms with Crippen LogP contribution in [-0.2, 0) is 9.59 Å².